The average molecular weight is 439 g/mol. The fraction of sp³-hybridized carbons (Fsp3) is 0.200. The third kappa shape index (κ3) is 5.32. The first-order valence-electron chi connectivity index (χ1n) is 8.92. The first-order chi connectivity index (χ1) is 14.2. The molecule has 0 atom stereocenters. The van der Waals surface area contributed by atoms with Crippen LogP contribution in [0.15, 0.2) is 42.6 Å². The average Bonchev–Trinajstić information content (AvgIpc) is 2.62. The Labute approximate surface area is 170 Å². The number of rotatable bonds is 7. The predicted octanol–water partition coefficient (Wildman–Crippen LogP) is 4.77. The minimum Gasteiger partial charge on any atom is -0.324 e. The molecule has 1 aromatic heterocycles. The molecular weight excluding hydrogens is 422 g/mol. The molecular formula is C20H17F4N3O2S. The highest BCUT2D eigenvalue weighted by Crippen LogP contribution is 2.26. The van der Waals surface area contributed by atoms with Crippen molar-refractivity contribution >= 4 is 21.5 Å². The lowest BCUT2D eigenvalue weighted by molar-refractivity contribution is 0.580. The van der Waals surface area contributed by atoms with Crippen LogP contribution in [0.25, 0.3) is 11.3 Å². The number of sulfone groups is 1. The highest BCUT2D eigenvalue weighted by molar-refractivity contribution is 7.90. The standard InChI is InChI=1S/C20H17F4N3O2S/c1-2-5-30(28,29)11-12-6-14(22)8-15(7-12)26-20-25-10-18(24)19(27-20)16-4-3-13(21)9-17(16)23/h3-4,6-10H,2,5,11H2,1H3,(H,25,26,27). The van der Waals surface area contributed by atoms with Gasteiger partial charge in [0.25, 0.3) is 0 Å². The molecule has 0 saturated carbocycles. The molecule has 0 fully saturated rings. The van der Waals surface area contributed by atoms with E-state index < -0.39 is 38.8 Å². The fourth-order valence-electron chi connectivity index (χ4n) is 2.87. The van der Waals surface area contributed by atoms with Gasteiger partial charge in [0.15, 0.2) is 15.7 Å². The molecule has 0 amide bonds. The molecule has 0 saturated heterocycles. The summed E-state index contributed by atoms with van der Waals surface area (Å²) in [6.07, 6.45) is 1.23. The van der Waals surface area contributed by atoms with E-state index in [-0.39, 0.29) is 34.3 Å². The summed E-state index contributed by atoms with van der Waals surface area (Å²) in [6, 6.07) is 6.19. The molecule has 3 aromatic rings. The zero-order valence-corrected chi connectivity index (χ0v) is 16.6. The number of anilines is 2. The minimum absolute atomic E-state index is 0.0278. The van der Waals surface area contributed by atoms with Crippen LogP contribution in [0.2, 0.25) is 0 Å². The summed E-state index contributed by atoms with van der Waals surface area (Å²) in [6.45, 7) is 1.73. The number of halogens is 4. The van der Waals surface area contributed by atoms with Crippen molar-refractivity contribution in [3.63, 3.8) is 0 Å². The fourth-order valence-corrected chi connectivity index (χ4v) is 4.31. The van der Waals surface area contributed by atoms with E-state index in [9.17, 15) is 26.0 Å². The van der Waals surface area contributed by atoms with Crippen molar-refractivity contribution in [2.45, 2.75) is 19.1 Å². The Bertz CT molecular complexity index is 1190. The van der Waals surface area contributed by atoms with Crippen molar-refractivity contribution in [3.05, 3.63) is 71.4 Å². The normalized spacial score (nSPS) is 11.5. The summed E-state index contributed by atoms with van der Waals surface area (Å²) >= 11 is 0. The quantitative estimate of drug-likeness (QED) is 0.537. The highest BCUT2D eigenvalue weighted by Gasteiger charge is 2.16. The van der Waals surface area contributed by atoms with Gasteiger partial charge >= 0.3 is 0 Å². The molecule has 3 rings (SSSR count). The summed E-state index contributed by atoms with van der Waals surface area (Å²) in [5, 5.41) is 2.65. The van der Waals surface area contributed by atoms with Crippen molar-refractivity contribution in [3.8, 4) is 11.3 Å². The Hall–Kier alpha value is -3.01. The van der Waals surface area contributed by atoms with Gasteiger partial charge < -0.3 is 5.32 Å². The van der Waals surface area contributed by atoms with Gasteiger partial charge in [0.1, 0.15) is 23.1 Å². The summed E-state index contributed by atoms with van der Waals surface area (Å²) in [5.74, 6) is -4.00. The van der Waals surface area contributed by atoms with Crippen molar-refractivity contribution < 1.29 is 26.0 Å². The van der Waals surface area contributed by atoms with Crippen LogP contribution in [0.5, 0.6) is 0 Å². The van der Waals surface area contributed by atoms with E-state index >= 15 is 0 Å². The molecule has 0 spiro atoms. The summed E-state index contributed by atoms with van der Waals surface area (Å²) in [7, 11) is -3.40. The number of nitrogens with one attached hydrogen (secondary N) is 1. The monoisotopic (exact) mass is 439 g/mol. The van der Waals surface area contributed by atoms with E-state index in [4.69, 9.17) is 0 Å². The number of hydrogen-bond donors (Lipinski definition) is 1. The topological polar surface area (TPSA) is 72.0 Å². The van der Waals surface area contributed by atoms with Crippen LogP contribution in [-0.2, 0) is 15.6 Å². The molecule has 0 bridgehead atoms. The lowest BCUT2D eigenvalue weighted by Crippen LogP contribution is -2.09. The molecule has 1 heterocycles. The number of benzene rings is 2. The second-order valence-corrected chi connectivity index (χ2v) is 8.76. The van der Waals surface area contributed by atoms with E-state index in [0.29, 0.717) is 12.5 Å². The maximum atomic E-state index is 14.1. The molecule has 10 heteroatoms. The van der Waals surface area contributed by atoms with Crippen molar-refractivity contribution in [1.82, 2.24) is 9.97 Å². The lowest BCUT2D eigenvalue weighted by Gasteiger charge is -2.10. The Morgan fingerprint density at radius 1 is 0.967 bits per heavy atom. The summed E-state index contributed by atoms with van der Waals surface area (Å²) in [4.78, 5) is 7.63. The van der Waals surface area contributed by atoms with Crippen LogP contribution < -0.4 is 5.32 Å². The van der Waals surface area contributed by atoms with E-state index in [1.165, 1.54) is 6.07 Å². The van der Waals surface area contributed by atoms with Crippen LogP contribution in [0.1, 0.15) is 18.9 Å². The van der Waals surface area contributed by atoms with E-state index in [1.54, 1.807) is 6.92 Å². The third-order valence-corrected chi connectivity index (χ3v) is 5.85. The maximum absolute atomic E-state index is 14.1. The lowest BCUT2D eigenvalue weighted by atomic mass is 10.1. The minimum atomic E-state index is -3.40. The molecule has 0 aliphatic heterocycles. The molecule has 0 unspecified atom stereocenters. The zero-order valence-electron chi connectivity index (χ0n) is 15.8. The molecule has 158 valence electrons. The number of aromatic nitrogens is 2. The van der Waals surface area contributed by atoms with Crippen LogP contribution >= 0.6 is 0 Å². The van der Waals surface area contributed by atoms with Crippen LogP contribution in [0.3, 0.4) is 0 Å². The van der Waals surface area contributed by atoms with Crippen molar-refractivity contribution in [2.75, 3.05) is 11.1 Å². The van der Waals surface area contributed by atoms with Gasteiger partial charge in [-0.2, -0.15) is 0 Å². The van der Waals surface area contributed by atoms with Crippen LogP contribution in [0, 0.1) is 23.3 Å². The molecule has 0 radical (unpaired) electrons. The molecule has 30 heavy (non-hydrogen) atoms. The van der Waals surface area contributed by atoms with E-state index in [2.05, 4.69) is 15.3 Å². The smallest absolute Gasteiger partial charge is 0.227 e. The largest absolute Gasteiger partial charge is 0.324 e. The van der Waals surface area contributed by atoms with E-state index in [0.717, 1.165) is 30.5 Å². The Morgan fingerprint density at radius 3 is 2.43 bits per heavy atom. The van der Waals surface area contributed by atoms with Gasteiger partial charge in [-0.3, -0.25) is 0 Å². The second kappa shape index (κ2) is 8.78. The predicted molar refractivity (Wildman–Crippen MR) is 105 cm³/mol. The molecule has 0 aliphatic rings. The summed E-state index contributed by atoms with van der Waals surface area (Å²) < 4.78 is 79.2. The van der Waals surface area contributed by atoms with Gasteiger partial charge in [-0.15, -0.1) is 0 Å². The number of hydrogen-bond acceptors (Lipinski definition) is 5. The molecule has 2 aromatic carbocycles. The van der Waals surface area contributed by atoms with Gasteiger partial charge in [-0.05, 0) is 42.3 Å². The van der Waals surface area contributed by atoms with Crippen LogP contribution in [0.4, 0.5) is 29.2 Å². The van der Waals surface area contributed by atoms with Crippen molar-refractivity contribution in [2.24, 2.45) is 0 Å². The molecule has 0 aliphatic carbocycles. The van der Waals surface area contributed by atoms with Gasteiger partial charge in [0, 0.05) is 17.3 Å². The first kappa shape index (κ1) is 21.7. The highest BCUT2D eigenvalue weighted by atomic mass is 32.2. The Balaban J connectivity index is 1.92. The Kier molecular flexibility index (Phi) is 6.35. The second-order valence-electron chi connectivity index (χ2n) is 6.58. The van der Waals surface area contributed by atoms with Gasteiger partial charge in [-0.25, -0.2) is 35.9 Å². The SMILES string of the molecule is CCCS(=O)(=O)Cc1cc(F)cc(Nc2ncc(F)c(-c3ccc(F)cc3F)n2)c1. The third-order valence-electron chi connectivity index (χ3n) is 4.05. The summed E-state index contributed by atoms with van der Waals surface area (Å²) in [5.41, 5.74) is -0.330. The maximum Gasteiger partial charge on any atom is 0.227 e. The van der Waals surface area contributed by atoms with Crippen molar-refractivity contribution in [1.29, 1.82) is 0 Å². The molecule has 5 nitrogen and oxygen atoms in total. The number of nitrogens with zero attached hydrogens (tertiary/aromatic N) is 2. The zero-order chi connectivity index (χ0) is 21.9. The van der Waals surface area contributed by atoms with Gasteiger partial charge in [0.05, 0.1) is 17.7 Å². The van der Waals surface area contributed by atoms with Gasteiger partial charge in [-0.1, -0.05) is 6.92 Å². The van der Waals surface area contributed by atoms with Gasteiger partial charge in [0.2, 0.25) is 5.95 Å². The first-order valence-corrected chi connectivity index (χ1v) is 10.7. The molecule has 1 N–H and O–H groups in total. The van der Waals surface area contributed by atoms with Crippen LogP contribution in [-0.4, -0.2) is 24.1 Å². The Morgan fingerprint density at radius 2 is 1.73 bits per heavy atom. The van der Waals surface area contributed by atoms with E-state index in [1.807, 2.05) is 0 Å².